The molecule has 1 saturated heterocycles. The number of anilines is 1. The van der Waals surface area contributed by atoms with E-state index in [4.69, 9.17) is 0 Å². The number of halogens is 1. The Labute approximate surface area is 162 Å². The summed E-state index contributed by atoms with van der Waals surface area (Å²) in [5.74, 6) is -0.00456. The molecule has 1 fully saturated rings. The maximum absolute atomic E-state index is 15.4. The molecule has 148 valence electrons. The van der Waals surface area contributed by atoms with E-state index in [2.05, 4.69) is 37.2 Å². The van der Waals surface area contributed by atoms with E-state index in [9.17, 15) is 4.79 Å². The summed E-state index contributed by atoms with van der Waals surface area (Å²) < 4.78 is 17.6. The number of nitrogens with zero attached hydrogens (tertiary/aromatic N) is 2. The van der Waals surface area contributed by atoms with Crippen molar-refractivity contribution in [2.45, 2.75) is 78.7 Å². The summed E-state index contributed by atoms with van der Waals surface area (Å²) in [7, 11) is 0. The molecule has 3 rings (SSSR count). The number of fused-ring (bicyclic) bond motifs is 1. The first-order chi connectivity index (χ1) is 12.7. The van der Waals surface area contributed by atoms with Gasteiger partial charge in [-0.3, -0.25) is 4.79 Å². The molecule has 0 N–H and O–H groups in total. The molecule has 3 nitrogen and oxygen atoms in total. The van der Waals surface area contributed by atoms with Crippen LogP contribution in [0, 0.1) is 5.82 Å². The van der Waals surface area contributed by atoms with Crippen LogP contribution in [0.15, 0.2) is 17.1 Å². The van der Waals surface area contributed by atoms with Crippen molar-refractivity contribution in [3.8, 4) is 0 Å². The van der Waals surface area contributed by atoms with Crippen molar-refractivity contribution in [2.24, 2.45) is 0 Å². The summed E-state index contributed by atoms with van der Waals surface area (Å²) in [6.07, 6.45) is 5.40. The van der Waals surface area contributed by atoms with Crippen LogP contribution in [0.2, 0.25) is 0 Å². The van der Waals surface area contributed by atoms with Crippen LogP contribution in [-0.4, -0.2) is 17.7 Å². The highest BCUT2D eigenvalue weighted by Gasteiger charge is 2.26. The summed E-state index contributed by atoms with van der Waals surface area (Å²) in [5, 5.41) is 0.525. The molecule has 1 aromatic carbocycles. The molecule has 2 heterocycles. The molecule has 0 spiro atoms. The third kappa shape index (κ3) is 3.51. The first-order valence-electron chi connectivity index (χ1n) is 10.4. The van der Waals surface area contributed by atoms with E-state index in [-0.39, 0.29) is 29.1 Å². The third-order valence-corrected chi connectivity index (χ3v) is 5.73. The lowest BCUT2D eigenvalue weighted by Crippen LogP contribution is -2.32. The standard InChI is InChI=1S/C23H33FN2O/c1-14(2)18-13-26(16(5)6)21-17(23(18)27)12-19(24)22(20(21)15(3)4)25-10-8-7-9-11-25/h12-16H,7-11H2,1-6H3. The molecule has 0 amide bonds. The predicted octanol–water partition coefficient (Wildman–Crippen LogP) is 5.96. The molecule has 0 bridgehead atoms. The smallest absolute Gasteiger partial charge is 0.192 e. The van der Waals surface area contributed by atoms with Crippen LogP contribution in [0.25, 0.3) is 10.9 Å². The van der Waals surface area contributed by atoms with E-state index in [1.807, 2.05) is 20.0 Å². The number of hydrogen-bond donors (Lipinski definition) is 0. The van der Waals surface area contributed by atoms with Gasteiger partial charge in [0.2, 0.25) is 0 Å². The molecule has 1 aromatic heterocycles. The minimum absolute atomic E-state index is 0.0251. The van der Waals surface area contributed by atoms with E-state index in [1.165, 1.54) is 12.5 Å². The van der Waals surface area contributed by atoms with Gasteiger partial charge in [0.1, 0.15) is 5.82 Å². The van der Waals surface area contributed by atoms with Crippen molar-refractivity contribution < 1.29 is 4.39 Å². The zero-order chi connectivity index (χ0) is 19.9. The van der Waals surface area contributed by atoms with Crippen LogP contribution in [0.5, 0.6) is 0 Å². The van der Waals surface area contributed by atoms with Crippen molar-refractivity contribution in [3.05, 3.63) is 39.4 Å². The Morgan fingerprint density at radius 1 is 0.963 bits per heavy atom. The van der Waals surface area contributed by atoms with Crippen LogP contribution < -0.4 is 10.3 Å². The number of rotatable bonds is 4. The number of benzene rings is 1. The molecular formula is C23H33FN2O. The van der Waals surface area contributed by atoms with Gasteiger partial charge >= 0.3 is 0 Å². The van der Waals surface area contributed by atoms with Crippen molar-refractivity contribution in [1.29, 1.82) is 0 Å². The molecule has 4 heteroatoms. The molecule has 0 unspecified atom stereocenters. The predicted molar refractivity (Wildman–Crippen MR) is 113 cm³/mol. The second kappa shape index (κ2) is 7.65. The lowest BCUT2D eigenvalue weighted by Gasteiger charge is -2.33. The lowest BCUT2D eigenvalue weighted by molar-refractivity contribution is 0.552. The van der Waals surface area contributed by atoms with Gasteiger partial charge in [0.25, 0.3) is 0 Å². The van der Waals surface area contributed by atoms with Gasteiger partial charge in [-0.1, -0.05) is 27.7 Å². The first-order valence-corrected chi connectivity index (χ1v) is 10.4. The van der Waals surface area contributed by atoms with Crippen molar-refractivity contribution in [3.63, 3.8) is 0 Å². The SMILES string of the molecule is CC(C)c1cn(C(C)C)c2c(C(C)C)c(N3CCCCC3)c(F)cc2c1=O. The number of pyridine rings is 1. The quantitative estimate of drug-likeness (QED) is 0.662. The van der Waals surface area contributed by atoms with Gasteiger partial charge in [-0.15, -0.1) is 0 Å². The molecule has 0 saturated carbocycles. The van der Waals surface area contributed by atoms with Crippen molar-refractivity contribution >= 4 is 16.6 Å². The van der Waals surface area contributed by atoms with E-state index in [1.54, 1.807) is 0 Å². The topological polar surface area (TPSA) is 25.2 Å². The van der Waals surface area contributed by atoms with E-state index < -0.39 is 0 Å². The highest BCUT2D eigenvalue weighted by Crippen LogP contribution is 2.38. The Balaban J connectivity index is 2.45. The van der Waals surface area contributed by atoms with E-state index in [0.29, 0.717) is 11.1 Å². The van der Waals surface area contributed by atoms with Gasteiger partial charge in [0, 0.05) is 41.8 Å². The maximum Gasteiger partial charge on any atom is 0.192 e. The van der Waals surface area contributed by atoms with Crippen LogP contribution in [-0.2, 0) is 0 Å². The highest BCUT2D eigenvalue weighted by atomic mass is 19.1. The van der Waals surface area contributed by atoms with Gasteiger partial charge in [-0.05, 0) is 51.0 Å². The van der Waals surface area contributed by atoms with Gasteiger partial charge < -0.3 is 9.47 Å². The molecule has 1 aliphatic heterocycles. The Morgan fingerprint density at radius 2 is 1.59 bits per heavy atom. The molecule has 0 atom stereocenters. The molecule has 0 radical (unpaired) electrons. The highest BCUT2D eigenvalue weighted by molar-refractivity contribution is 5.89. The molecular weight excluding hydrogens is 339 g/mol. The van der Waals surface area contributed by atoms with Gasteiger partial charge in [0.05, 0.1) is 11.2 Å². The Hall–Kier alpha value is -1.84. The Kier molecular flexibility index (Phi) is 5.64. The van der Waals surface area contributed by atoms with E-state index in [0.717, 1.165) is 42.6 Å². The molecule has 0 aliphatic carbocycles. The fourth-order valence-electron chi connectivity index (χ4n) is 4.33. The minimum Gasteiger partial charge on any atom is -0.369 e. The third-order valence-electron chi connectivity index (χ3n) is 5.73. The monoisotopic (exact) mass is 372 g/mol. The molecule has 27 heavy (non-hydrogen) atoms. The minimum atomic E-state index is -0.249. The van der Waals surface area contributed by atoms with Crippen LogP contribution in [0.3, 0.4) is 0 Å². The summed E-state index contributed by atoms with van der Waals surface area (Å²) in [6.45, 7) is 14.3. The van der Waals surface area contributed by atoms with Crippen LogP contribution >= 0.6 is 0 Å². The Bertz CT molecular complexity index is 890. The van der Waals surface area contributed by atoms with Crippen molar-refractivity contribution in [2.75, 3.05) is 18.0 Å². The molecule has 2 aromatic rings. The number of aromatic nitrogens is 1. The van der Waals surface area contributed by atoms with E-state index >= 15 is 4.39 Å². The largest absolute Gasteiger partial charge is 0.369 e. The van der Waals surface area contributed by atoms with Gasteiger partial charge in [-0.2, -0.15) is 0 Å². The molecule has 1 aliphatic rings. The fraction of sp³-hybridized carbons (Fsp3) is 0.609. The van der Waals surface area contributed by atoms with Crippen LogP contribution in [0.4, 0.5) is 10.1 Å². The summed E-state index contributed by atoms with van der Waals surface area (Å²) in [6, 6.07) is 1.70. The number of hydrogen-bond acceptors (Lipinski definition) is 2. The zero-order valence-electron chi connectivity index (χ0n) is 17.6. The normalized spacial score (nSPS) is 15.6. The fourth-order valence-corrected chi connectivity index (χ4v) is 4.33. The Morgan fingerprint density at radius 3 is 2.11 bits per heavy atom. The van der Waals surface area contributed by atoms with Gasteiger partial charge in [-0.25, -0.2) is 4.39 Å². The summed E-state index contributed by atoms with van der Waals surface area (Å²) in [5.41, 5.74) is 3.34. The average molecular weight is 373 g/mol. The summed E-state index contributed by atoms with van der Waals surface area (Å²) >= 11 is 0. The zero-order valence-corrected chi connectivity index (χ0v) is 17.6. The first kappa shape index (κ1) is 19.9. The number of piperidine rings is 1. The summed E-state index contributed by atoms with van der Waals surface area (Å²) in [4.78, 5) is 15.4. The van der Waals surface area contributed by atoms with Crippen molar-refractivity contribution in [1.82, 2.24) is 4.57 Å². The van der Waals surface area contributed by atoms with Gasteiger partial charge in [0.15, 0.2) is 5.43 Å². The maximum atomic E-state index is 15.4. The lowest BCUT2D eigenvalue weighted by atomic mass is 9.92. The second-order valence-electron chi connectivity index (χ2n) is 8.79. The second-order valence-corrected chi connectivity index (χ2v) is 8.79. The average Bonchev–Trinajstić information content (AvgIpc) is 2.61. The van der Waals surface area contributed by atoms with Crippen LogP contribution in [0.1, 0.15) is 89.8 Å².